The van der Waals surface area contributed by atoms with Gasteiger partial charge < -0.3 is 25.9 Å². The van der Waals surface area contributed by atoms with Gasteiger partial charge in [0, 0.05) is 0 Å². The molecule has 0 saturated heterocycles. The number of nitrogens with zero attached hydrogens (tertiary/aromatic N) is 2. The molecule has 0 aromatic carbocycles. The SMILES string of the molecule is CC(C)C(O)COC1NC(N)=Nc2[nH]cnc21. The predicted octanol–water partition coefficient (Wildman–Crippen LogP) is -0.00880. The van der Waals surface area contributed by atoms with Crippen molar-refractivity contribution in [2.45, 2.75) is 26.2 Å². The van der Waals surface area contributed by atoms with Crippen molar-refractivity contribution < 1.29 is 9.84 Å². The second-order valence-corrected chi connectivity index (χ2v) is 4.30. The van der Waals surface area contributed by atoms with Crippen LogP contribution in [0.15, 0.2) is 11.3 Å². The summed E-state index contributed by atoms with van der Waals surface area (Å²) < 4.78 is 5.56. The van der Waals surface area contributed by atoms with Gasteiger partial charge in [-0.3, -0.25) is 0 Å². The molecular formula is C10H17N5O2. The molecule has 0 amide bonds. The number of aliphatic hydroxyl groups excluding tert-OH is 1. The van der Waals surface area contributed by atoms with Crippen LogP contribution < -0.4 is 11.1 Å². The molecule has 2 rings (SSSR count). The van der Waals surface area contributed by atoms with Crippen LogP contribution in [0.3, 0.4) is 0 Å². The molecule has 7 nitrogen and oxygen atoms in total. The Morgan fingerprint density at radius 2 is 2.35 bits per heavy atom. The summed E-state index contributed by atoms with van der Waals surface area (Å²) in [5.41, 5.74) is 6.26. The standard InChI is InChI=1S/C10H17N5O2/c1-5(2)6(16)3-17-9-7-8(13-4-12-7)14-10(11)15-9/h4-6,9,16H,3H2,1-2H3,(H,12,13)(H3,11,14,15). The van der Waals surface area contributed by atoms with Gasteiger partial charge in [-0.15, -0.1) is 0 Å². The molecule has 1 aromatic heterocycles. The van der Waals surface area contributed by atoms with Gasteiger partial charge in [0.05, 0.1) is 19.0 Å². The normalized spacial score (nSPS) is 20.7. The molecule has 0 aliphatic carbocycles. The number of aliphatic hydroxyl groups is 1. The Kier molecular flexibility index (Phi) is 3.30. The zero-order chi connectivity index (χ0) is 12.4. The summed E-state index contributed by atoms with van der Waals surface area (Å²) in [7, 11) is 0. The Morgan fingerprint density at radius 1 is 1.59 bits per heavy atom. The number of rotatable bonds is 4. The molecule has 94 valence electrons. The maximum atomic E-state index is 9.68. The number of hydrogen-bond acceptors (Lipinski definition) is 6. The predicted molar refractivity (Wildman–Crippen MR) is 62.5 cm³/mol. The zero-order valence-electron chi connectivity index (χ0n) is 9.84. The highest BCUT2D eigenvalue weighted by Crippen LogP contribution is 2.25. The van der Waals surface area contributed by atoms with E-state index >= 15 is 0 Å². The van der Waals surface area contributed by atoms with Gasteiger partial charge >= 0.3 is 0 Å². The number of ether oxygens (including phenoxy) is 1. The van der Waals surface area contributed by atoms with E-state index in [0.717, 1.165) is 0 Å². The van der Waals surface area contributed by atoms with Crippen LogP contribution in [0.4, 0.5) is 5.82 Å². The Hall–Kier alpha value is -1.60. The average molecular weight is 239 g/mol. The fourth-order valence-corrected chi connectivity index (χ4v) is 1.44. The minimum absolute atomic E-state index is 0.142. The Morgan fingerprint density at radius 3 is 3.06 bits per heavy atom. The van der Waals surface area contributed by atoms with Gasteiger partial charge in [-0.25, -0.2) is 4.98 Å². The van der Waals surface area contributed by atoms with Crippen LogP contribution in [0.1, 0.15) is 25.8 Å². The van der Waals surface area contributed by atoms with Crippen LogP contribution in [0.25, 0.3) is 0 Å². The lowest BCUT2D eigenvalue weighted by molar-refractivity contribution is -0.0342. The first-order valence-electron chi connectivity index (χ1n) is 5.51. The topological polar surface area (TPSA) is 109 Å². The highest BCUT2D eigenvalue weighted by molar-refractivity contribution is 5.82. The van der Waals surface area contributed by atoms with E-state index in [1.165, 1.54) is 6.33 Å². The molecule has 0 radical (unpaired) electrons. The third-order valence-corrected chi connectivity index (χ3v) is 2.61. The van der Waals surface area contributed by atoms with Gasteiger partial charge in [0.2, 0.25) is 0 Å². The summed E-state index contributed by atoms with van der Waals surface area (Å²) in [5, 5.41) is 12.5. The van der Waals surface area contributed by atoms with Crippen molar-refractivity contribution in [3.63, 3.8) is 0 Å². The quantitative estimate of drug-likeness (QED) is 0.591. The number of guanidine groups is 1. The lowest BCUT2D eigenvalue weighted by Crippen LogP contribution is -2.39. The van der Waals surface area contributed by atoms with Crippen molar-refractivity contribution >= 4 is 11.8 Å². The molecule has 17 heavy (non-hydrogen) atoms. The van der Waals surface area contributed by atoms with E-state index in [9.17, 15) is 5.11 Å². The van der Waals surface area contributed by atoms with Gasteiger partial charge in [-0.2, -0.15) is 4.99 Å². The Labute approximate surface area is 99.1 Å². The number of fused-ring (bicyclic) bond motifs is 1. The van der Waals surface area contributed by atoms with Gasteiger partial charge in [-0.05, 0) is 5.92 Å². The van der Waals surface area contributed by atoms with E-state index in [1.807, 2.05) is 13.8 Å². The monoisotopic (exact) mass is 239 g/mol. The van der Waals surface area contributed by atoms with Crippen molar-refractivity contribution in [1.82, 2.24) is 15.3 Å². The van der Waals surface area contributed by atoms with Crippen molar-refractivity contribution in [3.8, 4) is 0 Å². The molecule has 0 fully saturated rings. The Bertz CT molecular complexity index is 415. The largest absolute Gasteiger partial charge is 0.390 e. The van der Waals surface area contributed by atoms with E-state index in [4.69, 9.17) is 10.5 Å². The van der Waals surface area contributed by atoms with E-state index in [0.29, 0.717) is 11.5 Å². The third-order valence-electron chi connectivity index (χ3n) is 2.61. The first-order chi connectivity index (χ1) is 8.08. The minimum Gasteiger partial charge on any atom is -0.390 e. The van der Waals surface area contributed by atoms with Crippen molar-refractivity contribution in [2.75, 3.05) is 6.61 Å². The number of aliphatic imine (C=N–C) groups is 1. The Balaban J connectivity index is 2.02. The fraction of sp³-hybridized carbons (Fsp3) is 0.600. The minimum atomic E-state index is -0.515. The first-order valence-corrected chi connectivity index (χ1v) is 5.51. The van der Waals surface area contributed by atoms with Crippen LogP contribution in [-0.4, -0.2) is 33.7 Å². The van der Waals surface area contributed by atoms with Crippen molar-refractivity contribution in [1.29, 1.82) is 0 Å². The third kappa shape index (κ3) is 2.56. The average Bonchev–Trinajstić information content (AvgIpc) is 2.72. The smallest absolute Gasteiger partial charge is 0.197 e. The maximum Gasteiger partial charge on any atom is 0.197 e. The lowest BCUT2D eigenvalue weighted by atomic mass is 10.1. The summed E-state index contributed by atoms with van der Waals surface area (Å²) in [4.78, 5) is 11.0. The maximum absolute atomic E-state index is 9.68. The summed E-state index contributed by atoms with van der Waals surface area (Å²) in [6, 6.07) is 0. The number of aromatic amines is 1. The van der Waals surface area contributed by atoms with Gasteiger partial charge in [0.1, 0.15) is 5.69 Å². The molecule has 7 heteroatoms. The van der Waals surface area contributed by atoms with Crippen LogP contribution >= 0.6 is 0 Å². The molecule has 5 N–H and O–H groups in total. The number of H-pyrrole nitrogens is 1. The molecule has 1 aliphatic heterocycles. The van der Waals surface area contributed by atoms with E-state index in [-0.39, 0.29) is 18.5 Å². The molecule has 2 atom stereocenters. The summed E-state index contributed by atoms with van der Waals surface area (Å²) in [6.07, 6.45) is 0.547. The van der Waals surface area contributed by atoms with Gasteiger partial charge in [0.15, 0.2) is 18.0 Å². The molecule has 0 bridgehead atoms. The summed E-state index contributed by atoms with van der Waals surface area (Å²) in [5.74, 6) is 0.999. The second-order valence-electron chi connectivity index (χ2n) is 4.30. The molecule has 1 aliphatic rings. The highest BCUT2D eigenvalue weighted by atomic mass is 16.5. The van der Waals surface area contributed by atoms with Crippen molar-refractivity contribution in [3.05, 3.63) is 12.0 Å². The number of nitrogens with two attached hydrogens (primary N) is 1. The molecule has 0 spiro atoms. The van der Waals surface area contributed by atoms with Crippen molar-refractivity contribution in [2.24, 2.45) is 16.6 Å². The molecular weight excluding hydrogens is 222 g/mol. The second kappa shape index (κ2) is 4.72. The van der Waals surface area contributed by atoms with Crippen LogP contribution in [0.2, 0.25) is 0 Å². The summed E-state index contributed by atoms with van der Waals surface area (Å²) in [6.45, 7) is 4.07. The lowest BCUT2D eigenvalue weighted by Gasteiger charge is -2.24. The fourth-order valence-electron chi connectivity index (χ4n) is 1.44. The van der Waals surface area contributed by atoms with Gasteiger partial charge in [-0.1, -0.05) is 13.8 Å². The highest BCUT2D eigenvalue weighted by Gasteiger charge is 2.25. The van der Waals surface area contributed by atoms with E-state index < -0.39 is 12.3 Å². The molecule has 1 aromatic rings. The number of imidazole rings is 1. The molecule has 2 unspecified atom stereocenters. The summed E-state index contributed by atoms with van der Waals surface area (Å²) >= 11 is 0. The molecule has 0 saturated carbocycles. The zero-order valence-corrected chi connectivity index (χ0v) is 9.84. The van der Waals surface area contributed by atoms with Crippen LogP contribution in [0, 0.1) is 5.92 Å². The number of hydrogen-bond donors (Lipinski definition) is 4. The first kappa shape index (κ1) is 11.9. The van der Waals surface area contributed by atoms with Crippen LogP contribution in [0.5, 0.6) is 0 Å². The van der Waals surface area contributed by atoms with Crippen LogP contribution in [-0.2, 0) is 4.74 Å². The van der Waals surface area contributed by atoms with Gasteiger partial charge in [0.25, 0.3) is 0 Å². The number of aromatic nitrogens is 2. The van der Waals surface area contributed by atoms with E-state index in [1.54, 1.807) is 0 Å². The number of nitrogens with one attached hydrogen (secondary N) is 2. The molecule has 2 heterocycles. The van der Waals surface area contributed by atoms with E-state index in [2.05, 4.69) is 20.3 Å².